The van der Waals surface area contributed by atoms with Crippen LogP contribution in [0.25, 0.3) is 5.57 Å². The van der Waals surface area contributed by atoms with Crippen molar-refractivity contribution in [2.75, 3.05) is 0 Å². The van der Waals surface area contributed by atoms with Crippen molar-refractivity contribution in [1.29, 1.82) is 0 Å². The second-order valence-corrected chi connectivity index (χ2v) is 7.63. The molecule has 1 nitrogen and oxygen atoms in total. The Morgan fingerprint density at radius 2 is 1.57 bits per heavy atom. The molecule has 1 heterocycles. The van der Waals surface area contributed by atoms with Gasteiger partial charge in [-0.05, 0) is 36.3 Å². The maximum atomic E-state index is 15.0. The van der Waals surface area contributed by atoms with Crippen molar-refractivity contribution < 1.29 is 9.50 Å². The maximum Gasteiger partial charge on any atom is 0.240 e. The third kappa shape index (κ3) is 3.03. The number of hydrogen-bond donors (Lipinski definition) is 1. The molecule has 2 aromatic carbocycles. The first-order valence-electron chi connectivity index (χ1n) is 6.66. The second kappa shape index (κ2) is 5.87. The normalized spacial score (nSPS) is 18.3. The summed E-state index contributed by atoms with van der Waals surface area (Å²) in [6.45, 7) is 1.89. The van der Waals surface area contributed by atoms with Gasteiger partial charge >= 0.3 is 0 Å². The molecule has 0 amide bonds. The van der Waals surface area contributed by atoms with E-state index in [9.17, 15) is 5.11 Å². The summed E-state index contributed by atoms with van der Waals surface area (Å²) in [4.78, 5) is 1.77. The Morgan fingerprint density at radius 1 is 1.05 bits per heavy atom. The fraction of sp³-hybridized carbons (Fsp3) is 0.176. The Labute approximate surface area is 132 Å². The number of fused-ring (bicyclic) bond motifs is 1. The minimum Gasteiger partial charge on any atom is -0.384 e. The molecule has 1 aliphatic rings. The molecule has 21 heavy (non-hydrogen) atoms. The minimum atomic E-state index is -1.76. The predicted octanol–water partition coefficient (Wildman–Crippen LogP) is 4.97. The lowest BCUT2D eigenvalue weighted by molar-refractivity contribution is 0.148. The van der Waals surface area contributed by atoms with E-state index in [0.717, 1.165) is 44.5 Å². The first-order chi connectivity index (χ1) is 10.1. The van der Waals surface area contributed by atoms with Gasteiger partial charge in [-0.15, -0.1) is 0 Å². The van der Waals surface area contributed by atoms with Gasteiger partial charge < -0.3 is 5.11 Å². The number of thioether (sulfide) groups is 2. The number of alkyl halides is 1. The van der Waals surface area contributed by atoms with E-state index in [1.807, 2.05) is 61.5 Å². The van der Waals surface area contributed by atoms with Crippen LogP contribution in [0, 0.1) is 0 Å². The highest BCUT2D eigenvalue weighted by Gasteiger charge is 2.45. The first-order valence-corrected chi connectivity index (χ1v) is 8.30. The Morgan fingerprint density at radius 3 is 2.14 bits per heavy atom. The number of halogens is 1. The van der Waals surface area contributed by atoms with Gasteiger partial charge in [0.05, 0.1) is 0 Å². The summed E-state index contributed by atoms with van der Waals surface area (Å²) in [7, 11) is 0. The lowest BCUT2D eigenvalue weighted by Crippen LogP contribution is -2.27. The quantitative estimate of drug-likeness (QED) is 0.862. The van der Waals surface area contributed by atoms with Crippen LogP contribution in [-0.4, -0.2) is 15.5 Å². The fourth-order valence-corrected chi connectivity index (χ4v) is 4.76. The van der Waals surface area contributed by atoms with E-state index in [1.54, 1.807) is 6.08 Å². The number of hydrogen-bond acceptors (Lipinski definition) is 3. The fourth-order valence-electron chi connectivity index (χ4n) is 2.19. The zero-order chi connectivity index (χ0) is 14.9. The minimum absolute atomic E-state index is 0.872. The standard InChI is InChI=1S/C17H15FOS2/c1-12(13-7-3-2-4-8-13)11-16(19)17(18)20-14-9-5-6-10-15(14)21-17/h2-11,16,19H,1H3/t16-/m0/s1. The molecule has 0 aromatic heterocycles. The van der Waals surface area contributed by atoms with Crippen LogP contribution >= 0.6 is 23.5 Å². The third-order valence-corrected chi connectivity index (χ3v) is 6.16. The molecule has 0 saturated carbocycles. The summed E-state index contributed by atoms with van der Waals surface area (Å²) in [5, 5.41) is 10.3. The van der Waals surface area contributed by atoms with Gasteiger partial charge in [-0.3, -0.25) is 0 Å². The highest BCUT2D eigenvalue weighted by atomic mass is 32.2. The largest absolute Gasteiger partial charge is 0.384 e. The van der Waals surface area contributed by atoms with Gasteiger partial charge in [0.15, 0.2) is 0 Å². The molecule has 1 aliphatic heterocycles. The number of aliphatic hydroxyl groups is 1. The van der Waals surface area contributed by atoms with Crippen LogP contribution in [0.4, 0.5) is 4.39 Å². The highest BCUT2D eigenvalue weighted by Crippen LogP contribution is 2.58. The average Bonchev–Trinajstić information content (AvgIpc) is 2.85. The van der Waals surface area contributed by atoms with E-state index in [2.05, 4.69) is 0 Å². The molecule has 108 valence electrons. The molecule has 1 N–H and O–H groups in total. The van der Waals surface area contributed by atoms with Crippen molar-refractivity contribution >= 4 is 29.1 Å². The van der Waals surface area contributed by atoms with Gasteiger partial charge in [0, 0.05) is 9.79 Å². The summed E-state index contributed by atoms with van der Waals surface area (Å²) in [5.41, 5.74) is 1.86. The van der Waals surface area contributed by atoms with Crippen LogP contribution in [0.5, 0.6) is 0 Å². The molecule has 0 bridgehead atoms. The molecule has 0 aliphatic carbocycles. The Hall–Kier alpha value is -1.23. The molecule has 2 aromatic rings. The predicted molar refractivity (Wildman–Crippen MR) is 88.1 cm³/mol. The van der Waals surface area contributed by atoms with Crippen molar-refractivity contribution in [3.05, 3.63) is 66.2 Å². The molecule has 3 rings (SSSR count). The summed E-state index contributed by atoms with van der Waals surface area (Å²) >= 11 is 2.17. The van der Waals surface area contributed by atoms with Crippen LogP contribution in [-0.2, 0) is 0 Å². The van der Waals surface area contributed by atoms with Gasteiger partial charge in [0.1, 0.15) is 6.10 Å². The number of aliphatic hydroxyl groups excluding tert-OH is 1. The van der Waals surface area contributed by atoms with E-state index in [1.165, 1.54) is 0 Å². The monoisotopic (exact) mass is 318 g/mol. The molecular weight excluding hydrogens is 303 g/mol. The summed E-state index contributed by atoms with van der Waals surface area (Å²) in [5.74, 6) is 0. The van der Waals surface area contributed by atoms with Gasteiger partial charge in [-0.2, -0.15) is 0 Å². The molecular formula is C17H15FOS2. The van der Waals surface area contributed by atoms with E-state index in [0.29, 0.717) is 0 Å². The summed E-state index contributed by atoms with van der Waals surface area (Å²) in [6.07, 6.45) is 0.432. The van der Waals surface area contributed by atoms with E-state index in [4.69, 9.17) is 0 Å². The molecule has 4 heteroatoms. The van der Waals surface area contributed by atoms with Crippen molar-refractivity contribution in [1.82, 2.24) is 0 Å². The molecule has 0 fully saturated rings. The number of rotatable bonds is 3. The topological polar surface area (TPSA) is 20.2 Å². The maximum absolute atomic E-state index is 15.0. The Bertz CT molecular complexity index is 645. The number of allylic oxidation sites excluding steroid dienone is 1. The van der Waals surface area contributed by atoms with Crippen LogP contribution in [0.15, 0.2) is 70.5 Å². The SMILES string of the molecule is CC(=C[C@H](O)C1(F)Sc2ccccc2S1)c1ccccc1. The molecule has 0 radical (unpaired) electrons. The summed E-state index contributed by atoms with van der Waals surface area (Å²) < 4.78 is 13.2. The number of benzene rings is 2. The zero-order valence-corrected chi connectivity index (χ0v) is 13.1. The summed E-state index contributed by atoms with van der Waals surface area (Å²) in [6, 6.07) is 17.2. The zero-order valence-electron chi connectivity index (χ0n) is 11.5. The third-order valence-electron chi connectivity index (χ3n) is 3.34. The van der Waals surface area contributed by atoms with Crippen LogP contribution in [0.1, 0.15) is 12.5 Å². The molecule has 0 spiro atoms. The van der Waals surface area contributed by atoms with Crippen molar-refractivity contribution in [3.63, 3.8) is 0 Å². The highest BCUT2D eigenvalue weighted by molar-refractivity contribution is 8.20. The second-order valence-electron chi connectivity index (χ2n) is 4.89. The van der Waals surface area contributed by atoms with Gasteiger partial charge in [-0.25, -0.2) is 4.39 Å². The molecule has 0 unspecified atom stereocenters. The Balaban J connectivity index is 1.82. The van der Waals surface area contributed by atoms with Crippen LogP contribution in [0.3, 0.4) is 0 Å². The van der Waals surface area contributed by atoms with Crippen LogP contribution in [0.2, 0.25) is 0 Å². The van der Waals surface area contributed by atoms with Gasteiger partial charge in [-0.1, -0.05) is 66.0 Å². The van der Waals surface area contributed by atoms with Gasteiger partial charge in [0.25, 0.3) is 0 Å². The van der Waals surface area contributed by atoms with Gasteiger partial charge in [0.2, 0.25) is 4.33 Å². The Kier molecular flexibility index (Phi) is 4.11. The average molecular weight is 318 g/mol. The van der Waals surface area contributed by atoms with E-state index in [-0.39, 0.29) is 0 Å². The first kappa shape index (κ1) is 14.7. The molecule has 0 saturated heterocycles. The van der Waals surface area contributed by atoms with Crippen molar-refractivity contribution in [3.8, 4) is 0 Å². The lowest BCUT2D eigenvalue weighted by Gasteiger charge is -2.22. The van der Waals surface area contributed by atoms with Crippen LogP contribution < -0.4 is 0 Å². The smallest absolute Gasteiger partial charge is 0.240 e. The lowest BCUT2D eigenvalue weighted by atomic mass is 10.1. The van der Waals surface area contributed by atoms with Crippen molar-refractivity contribution in [2.45, 2.75) is 27.2 Å². The molecule has 1 atom stereocenters. The van der Waals surface area contributed by atoms with Crippen molar-refractivity contribution in [2.24, 2.45) is 0 Å². The van der Waals surface area contributed by atoms with E-state index >= 15 is 4.39 Å². The van der Waals surface area contributed by atoms with E-state index < -0.39 is 10.4 Å².